The van der Waals surface area contributed by atoms with E-state index in [0.717, 1.165) is 31.4 Å². The number of benzene rings is 1. The van der Waals surface area contributed by atoms with Crippen LogP contribution >= 0.6 is 0 Å². The number of amides is 1. The van der Waals surface area contributed by atoms with Gasteiger partial charge in [0.1, 0.15) is 6.04 Å². The normalized spacial score (nSPS) is 13.6. The molecule has 0 aromatic heterocycles. The van der Waals surface area contributed by atoms with Crippen molar-refractivity contribution in [3.63, 3.8) is 0 Å². The largest absolute Gasteiger partial charge is 0.467 e. The third-order valence-electron chi connectivity index (χ3n) is 3.20. The van der Waals surface area contributed by atoms with Crippen LogP contribution in [0.1, 0.15) is 29.3 Å². The second kappa shape index (κ2) is 7.63. The fourth-order valence-corrected chi connectivity index (χ4v) is 1.86. The minimum Gasteiger partial charge on any atom is -0.467 e. The molecule has 1 rings (SSSR count). The van der Waals surface area contributed by atoms with Gasteiger partial charge in [-0.15, -0.1) is 0 Å². The molecule has 0 bridgehead atoms. The number of carbonyl (C=O) groups excluding carboxylic acids is 2. The Bertz CT molecular complexity index is 606. The minimum absolute atomic E-state index is 0.00700. The van der Waals surface area contributed by atoms with Gasteiger partial charge >= 0.3 is 12.1 Å². The van der Waals surface area contributed by atoms with Crippen molar-refractivity contribution in [2.75, 3.05) is 7.11 Å². The van der Waals surface area contributed by atoms with Crippen LogP contribution in [0.5, 0.6) is 0 Å². The summed E-state index contributed by atoms with van der Waals surface area (Å²) in [5.41, 5.74) is -0.910. The number of nitrogens with zero attached hydrogens (tertiary/aromatic N) is 1. The summed E-state index contributed by atoms with van der Waals surface area (Å²) in [5.74, 6) is -1.96. The van der Waals surface area contributed by atoms with E-state index in [0.29, 0.717) is 0 Å². The lowest BCUT2D eigenvalue weighted by molar-refractivity contribution is -0.144. The van der Waals surface area contributed by atoms with Gasteiger partial charge in [-0.25, -0.2) is 4.79 Å². The molecular weight excluding hydrogens is 313 g/mol. The number of nitriles is 1. The van der Waals surface area contributed by atoms with E-state index in [1.54, 1.807) is 6.92 Å². The molecule has 0 fully saturated rings. The maximum atomic E-state index is 12.5. The number of ether oxygens (including phenoxy) is 1. The first kappa shape index (κ1) is 18.5. The van der Waals surface area contributed by atoms with Gasteiger partial charge in [-0.3, -0.25) is 4.79 Å². The van der Waals surface area contributed by atoms with Crippen molar-refractivity contribution in [2.45, 2.75) is 25.6 Å². The third-order valence-corrected chi connectivity index (χ3v) is 3.20. The first-order chi connectivity index (χ1) is 10.7. The summed E-state index contributed by atoms with van der Waals surface area (Å²) >= 11 is 0. The number of halogens is 3. The van der Waals surface area contributed by atoms with Crippen LogP contribution < -0.4 is 5.32 Å². The fraction of sp³-hybridized carbons (Fsp3) is 0.400. The molecule has 1 aromatic rings. The summed E-state index contributed by atoms with van der Waals surface area (Å²) in [6.45, 7) is 1.58. The second-order valence-electron chi connectivity index (χ2n) is 4.89. The van der Waals surface area contributed by atoms with Gasteiger partial charge in [-0.05, 0) is 24.3 Å². The van der Waals surface area contributed by atoms with Crippen LogP contribution in [0.3, 0.4) is 0 Å². The average Bonchev–Trinajstić information content (AvgIpc) is 2.51. The zero-order chi connectivity index (χ0) is 17.6. The molecule has 23 heavy (non-hydrogen) atoms. The highest BCUT2D eigenvalue weighted by molar-refractivity contribution is 5.96. The number of methoxy groups -OCH3 is 1. The SMILES string of the molecule is COC(=O)[C@H](NC(=O)c1ccc(C(F)(F)F)cc1)[C@@H](C)CC#N. The predicted molar refractivity (Wildman–Crippen MR) is 74.1 cm³/mol. The van der Waals surface area contributed by atoms with Crippen molar-refractivity contribution in [3.8, 4) is 6.07 Å². The van der Waals surface area contributed by atoms with E-state index in [-0.39, 0.29) is 12.0 Å². The van der Waals surface area contributed by atoms with Crippen molar-refractivity contribution in [1.29, 1.82) is 5.26 Å². The van der Waals surface area contributed by atoms with Crippen molar-refractivity contribution < 1.29 is 27.5 Å². The molecule has 8 heteroatoms. The number of hydrogen-bond donors (Lipinski definition) is 1. The number of carbonyl (C=O) groups is 2. The summed E-state index contributed by atoms with van der Waals surface area (Å²) in [5, 5.41) is 11.1. The summed E-state index contributed by atoms with van der Waals surface area (Å²) < 4.78 is 42.0. The molecule has 0 aliphatic carbocycles. The van der Waals surface area contributed by atoms with Gasteiger partial charge < -0.3 is 10.1 Å². The lowest BCUT2D eigenvalue weighted by Crippen LogP contribution is -2.45. The molecule has 2 atom stereocenters. The monoisotopic (exact) mass is 328 g/mol. The number of alkyl halides is 3. The van der Waals surface area contributed by atoms with Crippen LogP contribution in [-0.2, 0) is 15.7 Å². The highest BCUT2D eigenvalue weighted by atomic mass is 19.4. The van der Waals surface area contributed by atoms with E-state index >= 15 is 0 Å². The van der Waals surface area contributed by atoms with Gasteiger partial charge in [-0.1, -0.05) is 6.92 Å². The molecule has 0 unspecified atom stereocenters. The molecule has 0 aliphatic heterocycles. The Labute approximate surface area is 131 Å². The van der Waals surface area contributed by atoms with Gasteiger partial charge in [0.2, 0.25) is 0 Å². The molecule has 0 saturated carbocycles. The highest BCUT2D eigenvalue weighted by Gasteiger charge is 2.31. The molecule has 0 heterocycles. The van der Waals surface area contributed by atoms with Gasteiger partial charge in [0.05, 0.1) is 18.7 Å². The quantitative estimate of drug-likeness (QED) is 0.843. The summed E-state index contributed by atoms with van der Waals surface area (Å²) in [4.78, 5) is 23.7. The van der Waals surface area contributed by atoms with Gasteiger partial charge in [0.15, 0.2) is 0 Å². The molecule has 0 saturated heterocycles. The van der Waals surface area contributed by atoms with Crippen LogP contribution in [0.4, 0.5) is 13.2 Å². The Morgan fingerprint density at radius 1 is 1.30 bits per heavy atom. The number of nitrogens with one attached hydrogen (secondary N) is 1. The first-order valence-electron chi connectivity index (χ1n) is 6.63. The molecular formula is C15H15F3N2O3. The molecule has 1 aromatic carbocycles. The summed E-state index contributed by atoms with van der Waals surface area (Å²) in [6.07, 6.45) is -4.49. The zero-order valence-electron chi connectivity index (χ0n) is 12.5. The molecule has 0 aliphatic rings. The van der Waals surface area contributed by atoms with E-state index in [1.165, 1.54) is 0 Å². The van der Waals surface area contributed by atoms with E-state index < -0.39 is 35.6 Å². The number of rotatable bonds is 5. The van der Waals surface area contributed by atoms with Crippen molar-refractivity contribution in [1.82, 2.24) is 5.32 Å². The zero-order valence-corrected chi connectivity index (χ0v) is 12.5. The van der Waals surface area contributed by atoms with Crippen LogP contribution in [0.15, 0.2) is 24.3 Å². The van der Waals surface area contributed by atoms with E-state index in [4.69, 9.17) is 5.26 Å². The molecule has 1 amide bonds. The summed E-state index contributed by atoms with van der Waals surface area (Å²) in [7, 11) is 1.14. The van der Waals surface area contributed by atoms with Crippen molar-refractivity contribution in [3.05, 3.63) is 35.4 Å². The molecule has 0 radical (unpaired) electrons. The average molecular weight is 328 g/mol. The Hall–Kier alpha value is -2.56. The molecule has 0 spiro atoms. The summed E-state index contributed by atoms with van der Waals surface area (Å²) in [6, 6.07) is 4.41. The van der Waals surface area contributed by atoms with Gasteiger partial charge in [0.25, 0.3) is 5.91 Å². The van der Waals surface area contributed by atoms with Crippen LogP contribution in [0, 0.1) is 17.2 Å². The molecule has 1 N–H and O–H groups in total. The minimum atomic E-state index is -4.50. The Kier molecular flexibility index (Phi) is 6.13. The van der Waals surface area contributed by atoms with Gasteiger partial charge in [-0.2, -0.15) is 18.4 Å². The Morgan fingerprint density at radius 3 is 2.30 bits per heavy atom. The standard InChI is InChI=1S/C15H15F3N2O3/c1-9(7-8-19)12(14(22)23-2)20-13(21)10-3-5-11(6-4-10)15(16,17)18/h3-6,9,12H,7H2,1-2H3,(H,20,21)/t9-,12+/m0/s1. The molecule has 124 valence electrons. The van der Waals surface area contributed by atoms with E-state index in [2.05, 4.69) is 10.1 Å². The molecule has 5 nitrogen and oxygen atoms in total. The predicted octanol–water partition coefficient (Wildman–Crippen LogP) is 2.53. The van der Waals surface area contributed by atoms with Gasteiger partial charge in [0, 0.05) is 17.9 Å². The smallest absolute Gasteiger partial charge is 0.416 e. The van der Waals surface area contributed by atoms with Crippen molar-refractivity contribution >= 4 is 11.9 Å². The maximum Gasteiger partial charge on any atom is 0.416 e. The lowest BCUT2D eigenvalue weighted by atomic mass is 9.98. The van der Waals surface area contributed by atoms with Crippen molar-refractivity contribution in [2.24, 2.45) is 5.92 Å². The second-order valence-corrected chi connectivity index (χ2v) is 4.89. The Balaban J connectivity index is 2.90. The maximum absolute atomic E-state index is 12.5. The highest BCUT2D eigenvalue weighted by Crippen LogP contribution is 2.29. The number of hydrogen-bond acceptors (Lipinski definition) is 4. The van der Waals surface area contributed by atoms with Crippen LogP contribution in [0.2, 0.25) is 0 Å². The van der Waals surface area contributed by atoms with Crippen LogP contribution in [-0.4, -0.2) is 25.0 Å². The number of esters is 1. The van der Waals surface area contributed by atoms with E-state index in [1.807, 2.05) is 6.07 Å². The Morgan fingerprint density at radius 2 is 1.87 bits per heavy atom. The third kappa shape index (κ3) is 4.98. The topological polar surface area (TPSA) is 79.2 Å². The van der Waals surface area contributed by atoms with E-state index in [9.17, 15) is 22.8 Å². The first-order valence-corrected chi connectivity index (χ1v) is 6.63. The van der Waals surface area contributed by atoms with Crippen LogP contribution in [0.25, 0.3) is 0 Å². The fourth-order valence-electron chi connectivity index (χ4n) is 1.86. The lowest BCUT2D eigenvalue weighted by Gasteiger charge is -2.21.